The van der Waals surface area contributed by atoms with Gasteiger partial charge in [0, 0.05) is 109 Å². The standard InChI is InChI=1S/C14H11ClFN3O2.C13H10ClFN2O2.C12H18BNO3.C9H11NO4.C8H11NO3.C7H7NO3.C6H6BrNO.C6H7NO2.C6H7NO/c1-20-12-5-8-11(6-18-12)21-14(17)13(8)19-7-2-3-10(16)9(15)4-7;1-19-13-4-8(12(18)7-17-13)6-16-9-2-3-11(15)10(14)5-9;1-11(2)12(3,4)17-13(16-11)9-6-7-10(15-5)14-8-9;1-12-6-14-8-4-10-9(13-2)3-7(8)5-11;1-10-6-12-7-3-4-8(11-2)9-5-7;1-11-7-2-5(4-9)6(10)3-8-7;1-9-6-3-2-5(7)4-8-6;1-9-6-3-2-5(8)4-7-6;1-8-6-4-2-3-5-7-6/h2-6,19H,17H2,1H3;2-7,18H,1H3;6-8H,1-5H3;3-5H,6H2,1-2H3;3-5H,6H2,1-2H3;2-4,10H,1H3;2-4H,1H3;2-4,8H,1H3;2-5H,1H3. The maximum absolute atomic E-state index is 13.2. The van der Waals surface area contributed by atoms with Crippen molar-refractivity contribution in [3.8, 4) is 81.7 Å². The zero-order valence-electron chi connectivity index (χ0n) is 67.7. The number of aromatic nitrogens is 9. The van der Waals surface area contributed by atoms with E-state index in [-0.39, 0.29) is 70.6 Å². The first-order chi connectivity index (χ1) is 57.6. The topological polar surface area (TPSA) is 413 Å². The zero-order valence-corrected chi connectivity index (χ0v) is 70.8. The number of carbonyl (C=O) groups excluding carboxylic acids is 2. The summed E-state index contributed by atoms with van der Waals surface area (Å²) >= 11 is 14.7. The van der Waals surface area contributed by atoms with Crippen molar-refractivity contribution in [2.45, 2.75) is 38.9 Å². The number of nitrogens with zero attached hydrogens (tertiary/aromatic N) is 10. The van der Waals surface area contributed by atoms with Gasteiger partial charge >= 0.3 is 7.12 Å². The van der Waals surface area contributed by atoms with E-state index in [1.807, 2.05) is 52.0 Å². The Bertz CT molecular complexity index is 5050. The Hall–Kier alpha value is -13.0. The fourth-order valence-corrected chi connectivity index (χ4v) is 9.23. The number of hydrogen-bond donors (Lipinski definition) is 5. The van der Waals surface area contributed by atoms with Crippen LogP contribution in [0.1, 0.15) is 54.0 Å². The lowest BCUT2D eigenvalue weighted by atomic mass is 9.80. The highest BCUT2D eigenvalue weighted by molar-refractivity contribution is 9.10. The molecule has 1 saturated heterocycles. The van der Waals surface area contributed by atoms with Crippen LogP contribution in [0.2, 0.25) is 10.0 Å². The Morgan fingerprint density at radius 3 is 1.46 bits per heavy atom. The number of methoxy groups -OCH3 is 11. The van der Waals surface area contributed by atoms with Crippen LogP contribution in [0.5, 0.6) is 81.7 Å². The number of rotatable bonds is 22. The molecule has 1 aliphatic heterocycles. The first-order valence-electron chi connectivity index (χ1n) is 34.8. The summed E-state index contributed by atoms with van der Waals surface area (Å²) in [6.07, 6.45) is 16.0. The maximum Gasteiger partial charge on any atom is 0.496 e. The second-order valence-electron chi connectivity index (χ2n) is 24.1. The van der Waals surface area contributed by atoms with Crippen LogP contribution in [0.4, 0.5) is 31.7 Å². The number of furan rings is 1. The summed E-state index contributed by atoms with van der Waals surface area (Å²) in [6, 6.07) is 34.0. The van der Waals surface area contributed by atoms with E-state index in [4.69, 9.17) is 114 Å². The van der Waals surface area contributed by atoms with Crippen LogP contribution in [0, 0.1) is 11.6 Å². The number of halogens is 5. The van der Waals surface area contributed by atoms with Crippen LogP contribution in [0.3, 0.4) is 0 Å². The fraction of sp³-hybridized carbons (Fsp3) is 0.235. The van der Waals surface area contributed by atoms with Crippen LogP contribution < -0.4 is 68.6 Å². The second kappa shape index (κ2) is 51.2. The number of ether oxygens (including phenoxy) is 13. The highest BCUT2D eigenvalue weighted by atomic mass is 79.9. The van der Waals surface area contributed by atoms with E-state index in [2.05, 4.69) is 71.1 Å². The van der Waals surface area contributed by atoms with E-state index in [1.165, 1.54) is 134 Å². The van der Waals surface area contributed by atoms with Gasteiger partial charge in [0.05, 0.1) is 145 Å². The van der Waals surface area contributed by atoms with Crippen molar-refractivity contribution >= 4 is 104 Å². The molecule has 1 aliphatic rings. The van der Waals surface area contributed by atoms with Gasteiger partial charge in [-0.1, -0.05) is 35.3 Å². The number of nitrogen functional groups attached to an aromatic ring is 1. The first-order valence-corrected chi connectivity index (χ1v) is 36.4. The number of aromatic hydroxyl groups is 3. The summed E-state index contributed by atoms with van der Waals surface area (Å²) in [7, 11) is 16.5. The quantitative estimate of drug-likeness (QED) is 0.0182. The van der Waals surface area contributed by atoms with E-state index < -0.39 is 11.6 Å². The molecule has 6 N–H and O–H groups in total. The van der Waals surface area contributed by atoms with Gasteiger partial charge in [0.15, 0.2) is 37.5 Å². The first kappa shape index (κ1) is 97.5. The predicted molar refractivity (Wildman–Crippen MR) is 449 cm³/mol. The second-order valence-corrected chi connectivity index (χ2v) is 25.8. The molecule has 2 aromatic carbocycles. The molecule has 120 heavy (non-hydrogen) atoms. The van der Waals surface area contributed by atoms with Gasteiger partial charge in [0.1, 0.15) is 40.3 Å². The smallest absolute Gasteiger partial charge is 0.496 e. The fourth-order valence-electron chi connectivity index (χ4n) is 8.64. The molecule has 10 aromatic heterocycles. The van der Waals surface area contributed by atoms with Crippen molar-refractivity contribution in [1.82, 2.24) is 44.9 Å². The number of pyridine rings is 9. The van der Waals surface area contributed by atoms with Crippen LogP contribution in [0.25, 0.3) is 11.0 Å². The van der Waals surface area contributed by atoms with Crippen molar-refractivity contribution in [1.29, 1.82) is 0 Å². The van der Waals surface area contributed by atoms with E-state index in [1.54, 1.807) is 109 Å². The molecule has 33 nitrogen and oxygen atoms in total. The van der Waals surface area contributed by atoms with Gasteiger partial charge in [-0.05, 0) is 110 Å². The highest BCUT2D eigenvalue weighted by Crippen LogP contribution is 2.38. The summed E-state index contributed by atoms with van der Waals surface area (Å²) in [5, 5.41) is 31.1. The number of hydrogen-bond acceptors (Lipinski definition) is 33. The maximum atomic E-state index is 13.2. The number of benzene rings is 2. The van der Waals surface area contributed by atoms with Crippen molar-refractivity contribution < 1.29 is 109 Å². The highest BCUT2D eigenvalue weighted by Gasteiger charge is 2.51. The summed E-state index contributed by atoms with van der Waals surface area (Å²) in [4.78, 5) is 60.1. The Balaban J connectivity index is 0.000000244. The normalized spacial score (nSPS) is 11.5. The molecule has 0 atom stereocenters. The SMILES string of the molecule is COCOc1ccc(OC)nc1.COCOc1cnc(OC)cc1C=O.COc1cc(C=Nc2ccc(F)c(Cl)c2)c(O)cn1.COc1cc(C=O)c(O)cn1.COc1cc2c(Nc3ccc(F)c(Cl)c3)c(N)oc2cn1.COc1ccc(B2OC(C)(C)C(C)(C)O2)cn1.COc1ccc(Br)cn1.COc1ccc(O)cn1.COc1ccccn1. The Labute approximate surface area is 708 Å². The monoisotopic (exact) mass is 1760 g/mol. The number of anilines is 3. The van der Waals surface area contributed by atoms with E-state index in [0.29, 0.717) is 116 Å². The predicted octanol–water partition coefficient (Wildman–Crippen LogP) is 15.0. The third kappa shape index (κ3) is 32.5. The van der Waals surface area contributed by atoms with Gasteiger partial charge in [-0.25, -0.2) is 53.6 Å². The van der Waals surface area contributed by atoms with Crippen molar-refractivity contribution in [3.05, 3.63) is 226 Å². The Morgan fingerprint density at radius 2 is 0.975 bits per heavy atom. The Kier molecular flexibility index (Phi) is 41.6. The third-order valence-electron chi connectivity index (χ3n) is 15.5. The molecule has 13 rings (SSSR count). The van der Waals surface area contributed by atoms with E-state index in [0.717, 1.165) is 9.94 Å². The lowest BCUT2D eigenvalue weighted by Crippen LogP contribution is -2.41. The number of aliphatic imine (C=N–C) groups is 1. The average Bonchev–Trinajstić information content (AvgIpc) is 1.63. The molecule has 0 aliphatic carbocycles. The average molecular weight is 1770 g/mol. The molecule has 12 aromatic rings. The van der Waals surface area contributed by atoms with Gasteiger partial charge in [-0.3, -0.25) is 14.6 Å². The van der Waals surface area contributed by atoms with Crippen molar-refractivity contribution in [2.75, 3.05) is 103 Å². The molecule has 0 saturated carbocycles. The van der Waals surface area contributed by atoms with Gasteiger partial charge in [0.25, 0.3) is 0 Å². The van der Waals surface area contributed by atoms with E-state index in [9.17, 15) is 23.5 Å². The minimum absolute atomic E-state index is 0.00817. The third-order valence-corrected chi connectivity index (χ3v) is 16.6. The lowest BCUT2D eigenvalue weighted by molar-refractivity contribution is 0.00578. The van der Waals surface area contributed by atoms with Gasteiger partial charge in [0.2, 0.25) is 58.8 Å². The molecule has 0 radical (unpaired) electrons. The number of fused-ring (bicyclic) bond motifs is 1. The molecule has 0 bridgehead atoms. The lowest BCUT2D eigenvalue weighted by Gasteiger charge is -2.32. The molecule has 1 fully saturated rings. The van der Waals surface area contributed by atoms with Gasteiger partial charge < -0.3 is 102 Å². The molecule has 0 amide bonds. The molecular weight excluding hydrogens is 1680 g/mol. The molecular formula is C81H88BBrCl2F2N12O21. The van der Waals surface area contributed by atoms with Crippen LogP contribution >= 0.6 is 39.1 Å². The van der Waals surface area contributed by atoms with Crippen LogP contribution in [0.15, 0.2) is 197 Å². The minimum Gasteiger partial charge on any atom is -0.506 e. The number of carbonyl (C=O) groups is 2. The van der Waals surface area contributed by atoms with E-state index >= 15 is 0 Å². The summed E-state index contributed by atoms with van der Waals surface area (Å²) in [6.45, 7) is 8.44. The summed E-state index contributed by atoms with van der Waals surface area (Å²) < 4.78 is 108. The molecule has 0 spiro atoms. The van der Waals surface area contributed by atoms with Crippen LogP contribution in [-0.2, 0) is 18.8 Å². The van der Waals surface area contributed by atoms with Crippen LogP contribution in [-0.4, -0.2) is 189 Å². The van der Waals surface area contributed by atoms with Gasteiger partial charge in [-0.2, -0.15) is 0 Å². The number of aldehydes is 2. The van der Waals surface area contributed by atoms with Crippen molar-refractivity contribution in [3.63, 3.8) is 0 Å². The summed E-state index contributed by atoms with van der Waals surface area (Å²) in [5.41, 5.74) is 9.25. The number of nitrogens with one attached hydrogen (secondary N) is 1. The molecule has 11 heterocycles. The zero-order chi connectivity index (χ0) is 88.2. The number of nitrogens with two attached hydrogens (primary N) is 1. The largest absolute Gasteiger partial charge is 0.506 e. The molecule has 636 valence electrons. The summed E-state index contributed by atoms with van der Waals surface area (Å²) in [5.74, 6) is 4.66. The minimum atomic E-state index is -0.506. The Morgan fingerprint density at radius 1 is 0.500 bits per heavy atom. The molecule has 0 unspecified atom stereocenters. The van der Waals surface area contributed by atoms with Crippen molar-refractivity contribution in [2.24, 2.45) is 4.99 Å². The molecule has 39 heteroatoms. The van der Waals surface area contributed by atoms with Gasteiger partial charge in [-0.15, -0.1) is 0 Å².